The van der Waals surface area contributed by atoms with E-state index in [1.165, 1.54) is 31.4 Å². The second-order valence-electron chi connectivity index (χ2n) is 10.7. The lowest BCUT2D eigenvalue weighted by molar-refractivity contribution is -0.137. The van der Waals surface area contributed by atoms with Crippen molar-refractivity contribution in [3.8, 4) is 5.75 Å². The molecule has 1 aliphatic heterocycles. The highest BCUT2D eigenvalue weighted by atomic mass is 35.5. The summed E-state index contributed by atoms with van der Waals surface area (Å²) in [7, 11) is 1.47. The Labute approximate surface area is 268 Å². The van der Waals surface area contributed by atoms with Gasteiger partial charge in [-0.15, -0.1) is 0 Å². The number of pyridine rings is 1. The molecule has 14 heteroatoms. The van der Waals surface area contributed by atoms with E-state index in [0.29, 0.717) is 23.4 Å². The number of nitrogens with two attached hydrogens (primary N) is 1. The first kappa shape index (κ1) is 31.7. The van der Waals surface area contributed by atoms with Crippen molar-refractivity contribution < 1.29 is 41.4 Å². The number of nitrogen functional groups attached to an aromatic ring is 1. The van der Waals surface area contributed by atoms with Gasteiger partial charge in [-0.05, 0) is 72.3 Å². The van der Waals surface area contributed by atoms with Gasteiger partial charge in [0.25, 0.3) is 11.8 Å². The number of carbonyl (C=O) groups is 2. The molecule has 0 fully saturated rings. The van der Waals surface area contributed by atoms with Crippen molar-refractivity contribution in [2.75, 3.05) is 18.2 Å². The number of carbonyl (C=O) groups excluding carboxylic acids is 2. The number of nitrogens with zero attached hydrogens (tertiary/aromatic N) is 2. The van der Waals surface area contributed by atoms with Crippen LogP contribution < -0.4 is 15.8 Å². The molecule has 2 heterocycles. The molecule has 6 rings (SSSR count). The summed E-state index contributed by atoms with van der Waals surface area (Å²) in [6.07, 6.45) is -4.97. The van der Waals surface area contributed by atoms with E-state index in [4.69, 9.17) is 22.1 Å². The van der Waals surface area contributed by atoms with E-state index in [1.54, 1.807) is 24.3 Å². The lowest BCUT2D eigenvalue weighted by Crippen LogP contribution is -2.44. The van der Waals surface area contributed by atoms with E-state index in [1.807, 2.05) is 0 Å². The molecule has 2 amide bonds. The van der Waals surface area contributed by atoms with Crippen molar-refractivity contribution >= 4 is 45.8 Å². The summed E-state index contributed by atoms with van der Waals surface area (Å²) in [5.41, 5.74) is 0.762. The minimum atomic E-state index is -4.97. The van der Waals surface area contributed by atoms with Gasteiger partial charge in [-0.1, -0.05) is 23.7 Å². The molecule has 0 bridgehead atoms. The van der Waals surface area contributed by atoms with Crippen molar-refractivity contribution in [3.63, 3.8) is 0 Å². The Kier molecular flexibility index (Phi) is 7.77. The summed E-state index contributed by atoms with van der Waals surface area (Å²) >= 11 is 6.51. The summed E-state index contributed by atoms with van der Waals surface area (Å²) in [6.45, 7) is -0.267. The number of rotatable bonds is 6. The smallest absolute Gasteiger partial charge is 0.416 e. The Balaban J connectivity index is 1.60. The SMILES string of the molecule is COc1ccc(CN2C(=O)c3c(c(NC(=O)c4cc(F)cc(C(F)(F)F)c4)cc4nc(N)ccc34)C2(O)c2cc(F)ccc2Cl)cc1. The molecule has 8 nitrogen and oxygen atoms in total. The average Bonchev–Trinajstić information content (AvgIpc) is 3.24. The number of methoxy groups -OCH3 is 1. The molecule has 47 heavy (non-hydrogen) atoms. The van der Waals surface area contributed by atoms with Crippen LogP contribution in [0.3, 0.4) is 0 Å². The molecule has 0 aliphatic carbocycles. The molecule has 0 saturated carbocycles. The number of fused-ring (bicyclic) bond motifs is 3. The van der Waals surface area contributed by atoms with Crippen molar-refractivity contribution in [1.29, 1.82) is 0 Å². The maximum atomic E-state index is 14.8. The van der Waals surface area contributed by atoms with Gasteiger partial charge in [0.1, 0.15) is 23.2 Å². The fraction of sp³-hybridized carbons (Fsp3) is 0.121. The molecule has 1 atom stereocenters. The van der Waals surface area contributed by atoms with E-state index < -0.39 is 46.5 Å². The Hall–Kier alpha value is -5.27. The zero-order chi connectivity index (χ0) is 33.8. The van der Waals surface area contributed by atoms with Gasteiger partial charge in [-0.2, -0.15) is 13.2 Å². The Morgan fingerprint density at radius 3 is 2.43 bits per heavy atom. The van der Waals surface area contributed by atoms with Gasteiger partial charge in [0.05, 0.1) is 29.4 Å². The molecule has 240 valence electrons. The van der Waals surface area contributed by atoms with Gasteiger partial charge < -0.3 is 20.9 Å². The first-order valence-corrected chi connectivity index (χ1v) is 14.1. The van der Waals surface area contributed by atoms with Crippen LogP contribution in [-0.2, 0) is 18.4 Å². The lowest BCUT2D eigenvalue weighted by Gasteiger charge is -2.36. The van der Waals surface area contributed by atoms with Crippen LogP contribution in [0, 0.1) is 11.6 Å². The molecule has 4 aromatic carbocycles. The second kappa shape index (κ2) is 11.5. The van der Waals surface area contributed by atoms with Gasteiger partial charge in [0.2, 0.25) is 0 Å². The number of nitrogens with one attached hydrogen (secondary N) is 1. The van der Waals surface area contributed by atoms with Crippen molar-refractivity contribution in [3.05, 3.63) is 129 Å². The number of amides is 2. The molecule has 1 aromatic heterocycles. The van der Waals surface area contributed by atoms with Crippen LogP contribution >= 0.6 is 11.6 Å². The quantitative estimate of drug-likeness (QED) is 0.170. The van der Waals surface area contributed by atoms with Gasteiger partial charge >= 0.3 is 6.18 Å². The summed E-state index contributed by atoms with van der Waals surface area (Å²) in [5, 5.41) is 15.2. The van der Waals surface area contributed by atoms with E-state index in [9.17, 15) is 36.6 Å². The number of benzene rings is 4. The van der Waals surface area contributed by atoms with E-state index >= 15 is 0 Å². The fourth-order valence-electron chi connectivity index (χ4n) is 5.61. The fourth-order valence-corrected chi connectivity index (χ4v) is 5.86. The number of alkyl halides is 3. The first-order chi connectivity index (χ1) is 22.2. The van der Waals surface area contributed by atoms with Crippen LogP contribution in [0.1, 0.15) is 43.0 Å². The number of hydrogen-bond acceptors (Lipinski definition) is 6. The number of anilines is 2. The molecule has 0 radical (unpaired) electrons. The molecular formula is C33H22ClF5N4O4. The molecule has 4 N–H and O–H groups in total. The third kappa shape index (κ3) is 5.57. The Morgan fingerprint density at radius 2 is 1.74 bits per heavy atom. The normalized spacial score (nSPS) is 16.0. The third-order valence-electron chi connectivity index (χ3n) is 7.75. The molecule has 0 spiro atoms. The summed E-state index contributed by atoms with van der Waals surface area (Å²) < 4.78 is 74.6. The van der Waals surface area contributed by atoms with Crippen LogP contribution in [0.2, 0.25) is 5.02 Å². The molecule has 1 aliphatic rings. The van der Waals surface area contributed by atoms with Crippen LogP contribution in [0.15, 0.2) is 78.9 Å². The maximum Gasteiger partial charge on any atom is 0.416 e. The average molecular weight is 669 g/mol. The minimum absolute atomic E-state index is 0.0265. The molecule has 5 aromatic rings. The number of ether oxygens (including phenoxy) is 1. The van der Waals surface area contributed by atoms with Crippen molar-refractivity contribution in [2.24, 2.45) is 0 Å². The van der Waals surface area contributed by atoms with Gasteiger partial charge in [0, 0.05) is 33.6 Å². The summed E-state index contributed by atoms with van der Waals surface area (Å²) in [6, 6.07) is 15.0. The predicted molar refractivity (Wildman–Crippen MR) is 163 cm³/mol. The topological polar surface area (TPSA) is 118 Å². The van der Waals surface area contributed by atoms with Gasteiger partial charge in [0.15, 0.2) is 5.72 Å². The third-order valence-corrected chi connectivity index (χ3v) is 8.08. The van der Waals surface area contributed by atoms with Crippen LogP contribution in [-0.4, -0.2) is 33.9 Å². The highest BCUT2D eigenvalue weighted by Crippen LogP contribution is 2.51. The maximum absolute atomic E-state index is 14.8. The molecular weight excluding hydrogens is 647 g/mol. The highest BCUT2D eigenvalue weighted by molar-refractivity contribution is 6.31. The van der Waals surface area contributed by atoms with Gasteiger partial charge in [-0.3, -0.25) is 14.5 Å². The van der Waals surface area contributed by atoms with E-state index in [0.717, 1.165) is 17.0 Å². The van der Waals surface area contributed by atoms with E-state index in [-0.39, 0.29) is 56.7 Å². The van der Waals surface area contributed by atoms with Crippen LogP contribution in [0.5, 0.6) is 5.75 Å². The minimum Gasteiger partial charge on any atom is -0.497 e. The Bertz CT molecular complexity index is 2090. The highest BCUT2D eigenvalue weighted by Gasteiger charge is 2.53. The molecule has 0 saturated heterocycles. The van der Waals surface area contributed by atoms with Crippen molar-refractivity contribution in [1.82, 2.24) is 9.88 Å². The number of halogens is 6. The van der Waals surface area contributed by atoms with Crippen LogP contribution in [0.4, 0.5) is 33.5 Å². The number of hydrogen-bond donors (Lipinski definition) is 3. The molecule has 1 unspecified atom stereocenters. The largest absolute Gasteiger partial charge is 0.497 e. The zero-order valence-electron chi connectivity index (χ0n) is 24.1. The van der Waals surface area contributed by atoms with E-state index in [2.05, 4.69) is 10.3 Å². The van der Waals surface area contributed by atoms with Crippen molar-refractivity contribution in [2.45, 2.75) is 18.4 Å². The second-order valence-corrected chi connectivity index (χ2v) is 11.1. The summed E-state index contributed by atoms with van der Waals surface area (Å²) in [5.74, 6) is -3.60. The zero-order valence-corrected chi connectivity index (χ0v) is 24.9. The number of aliphatic hydroxyl groups is 1. The van der Waals surface area contributed by atoms with Crippen LogP contribution in [0.25, 0.3) is 10.9 Å². The predicted octanol–water partition coefficient (Wildman–Crippen LogP) is 6.88. The standard InChI is InChI=1S/C33H22ClF5N4O4/c1-47-21-5-2-16(3-6-21)15-43-31(45)28-22-7-9-27(40)41-25(22)14-26(29(28)32(43,46)23-13-19(35)4-8-24(23)34)42-30(44)17-10-18(33(37,38)39)12-20(36)11-17/h2-14,46H,15H2,1H3,(H2,40,41)(H,42,44). The number of aromatic nitrogens is 1. The monoisotopic (exact) mass is 668 g/mol. The summed E-state index contributed by atoms with van der Waals surface area (Å²) in [4.78, 5) is 33.1. The first-order valence-electron chi connectivity index (χ1n) is 13.8. The van der Waals surface area contributed by atoms with Gasteiger partial charge in [-0.25, -0.2) is 13.8 Å². The lowest BCUT2D eigenvalue weighted by atomic mass is 9.89. The Morgan fingerprint density at radius 1 is 1.02 bits per heavy atom.